The molecule has 0 fully saturated rings. The Morgan fingerprint density at radius 3 is 1.84 bits per heavy atom. The number of hydrazine groups is 1. The predicted molar refractivity (Wildman–Crippen MR) is 194 cm³/mol. The fourth-order valence-corrected chi connectivity index (χ4v) is 5.09. The Morgan fingerprint density at radius 2 is 1.33 bits per heavy atom. The molecule has 51 heavy (non-hydrogen) atoms. The van der Waals surface area contributed by atoms with Crippen molar-refractivity contribution in [2.45, 2.75) is 78.7 Å². The lowest BCUT2D eigenvalue weighted by Crippen LogP contribution is -2.60. The Kier molecular flexibility index (Phi) is 12.4. The van der Waals surface area contributed by atoms with Crippen LogP contribution in [0, 0.1) is 10.8 Å². The van der Waals surface area contributed by atoms with E-state index < -0.39 is 84.2 Å². The predicted octanol–water partition coefficient (Wildman–Crippen LogP) is 4.21. The van der Waals surface area contributed by atoms with Gasteiger partial charge in [-0.3, -0.25) is 20.0 Å². The average Bonchev–Trinajstić information content (AvgIpc) is 3.12. The Bertz CT molecular complexity index is 1780. The Hall–Kier alpha value is -5.01. The lowest BCUT2D eigenvalue weighted by molar-refractivity contribution is -0.132. The van der Waals surface area contributed by atoms with E-state index in [0.29, 0.717) is 0 Å². The lowest BCUT2D eigenvalue weighted by Gasteiger charge is -2.35. The number of carbonyl (C=O) groups is 4. The van der Waals surface area contributed by atoms with Crippen molar-refractivity contribution in [2.24, 2.45) is 10.8 Å². The highest BCUT2D eigenvalue weighted by molar-refractivity contribution is 5.87. The zero-order valence-corrected chi connectivity index (χ0v) is 30.4. The van der Waals surface area contributed by atoms with Gasteiger partial charge in [-0.15, -0.1) is 0 Å². The van der Waals surface area contributed by atoms with Gasteiger partial charge in [0.1, 0.15) is 12.1 Å². The van der Waals surface area contributed by atoms with E-state index in [0.717, 1.165) is 12.7 Å². The second-order valence-corrected chi connectivity index (χ2v) is 14.2. The van der Waals surface area contributed by atoms with Crippen molar-refractivity contribution in [3.05, 3.63) is 90.0 Å². The number of benzene rings is 2. The van der Waals surface area contributed by atoms with Crippen LogP contribution in [-0.4, -0.2) is 84.1 Å². The van der Waals surface area contributed by atoms with Gasteiger partial charge in [0.15, 0.2) is 0 Å². The smallest absolute Gasteiger partial charge is 0.407 e. The van der Waals surface area contributed by atoms with E-state index in [1.54, 1.807) is 84.0 Å². The highest BCUT2D eigenvalue weighted by Crippen LogP contribution is 2.23. The summed E-state index contributed by atoms with van der Waals surface area (Å²) in [6, 6.07) is 9.10. The summed E-state index contributed by atoms with van der Waals surface area (Å²) in [6.07, 6.45) is -1.56. The first kappa shape index (κ1) is 34.4. The summed E-state index contributed by atoms with van der Waals surface area (Å²) >= 11 is 0. The van der Waals surface area contributed by atoms with E-state index in [9.17, 15) is 24.3 Å². The summed E-state index contributed by atoms with van der Waals surface area (Å²) in [4.78, 5) is 56.5. The third-order valence-corrected chi connectivity index (χ3v) is 7.86. The summed E-state index contributed by atoms with van der Waals surface area (Å²) in [5.74, 6) is -1.35. The van der Waals surface area contributed by atoms with Crippen LogP contribution in [-0.2, 0) is 32.0 Å². The minimum atomic E-state index is -1.45. The van der Waals surface area contributed by atoms with Gasteiger partial charge < -0.3 is 30.5 Å². The van der Waals surface area contributed by atoms with Crippen LogP contribution >= 0.6 is 0 Å². The number of aromatic nitrogens is 1. The molecule has 2 aromatic carbocycles. The van der Waals surface area contributed by atoms with Crippen molar-refractivity contribution >= 4 is 24.0 Å². The highest BCUT2D eigenvalue weighted by atomic mass is 16.5. The maximum atomic E-state index is 13.9. The first-order valence-corrected chi connectivity index (χ1v) is 16.5. The van der Waals surface area contributed by atoms with Crippen LogP contribution in [0.1, 0.15) is 58.2 Å². The molecule has 3 rings (SSSR count). The van der Waals surface area contributed by atoms with Crippen LogP contribution in [0.25, 0.3) is 11.3 Å². The molecule has 0 aliphatic heterocycles. The number of hydrogen-bond donors (Lipinski definition) is 5. The number of ether oxygens (including phenoxy) is 2. The second kappa shape index (κ2) is 18.3. The normalized spacial score (nSPS) is 15.1. The van der Waals surface area contributed by atoms with Gasteiger partial charge in [0.2, 0.25) is 5.91 Å². The molecule has 13 heteroatoms. The number of nitrogens with zero attached hydrogens (tertiary/aromatic N) is 2. The van der Waals surface area contributed by atoms with E-state index in [1.165, 1.54) is 18.3 Å². The van der Waals surface area contributed by atoms with Crippen LogP contribution in [0.15, 0.2) is 78.9 Å². The Morgan fingerprint density at radius 1 is 0.784 bits per heavy atom. The third kappa shape index (κ3) is 12.7. The van der Waals surface area contributed by atoms with Crippen LogP contribution in [0.5, 0.6) is 0 Å². The molecule has 0 unspecified atom stereocenters. The zero-order valence-electron chi connectivity index (χ0n) is 34.4. The van der Waals surface area contributed by atoms with E-state index in [2.05, 4.69) is 26.4 Å². The molecule has 0 aliphatic carbocycles. The minimum absolute atomic E-state index is 0.00958. The first-order chi connectivity index (χ1) is 25.7. The standard InChI is InChI=1S/C38H52N6O7/c1-37(2,3)31(41-35(48)50-7)33(46)40-29(22-25-14-10-9-11-15-25)30(45)24-44(43-34(47)32(38(4,5)6)42-36(49)51-8)23-26-17-19-27(20-18-26)28-16-12-13-21-39-28/h9-21,29-32,45H,22-24H2,1-8H3,(H,40,46)(H,41,48)(H,42,49)(H,43,47)/t29-,30-,31+,32+/m0/s1/i17D,18D,19D,20D. The van der Waals surface area contributed by atoms with E-state index >= 15 is 0 Å². The Labute approximate surface area is 306 Å². The maximum absolute atomic E-state index is 13.9. The summed E-state index contributed by atoms with van der Waals surface area (Å²) in [5.41, 5.74) is 1.94. The molecule has 4 amide bonds. The second-order valence-electron chi connectivity index (χ2n) is 14.2. The number of aliphatic hydroxyl groups is 1. The number of aliphatic hydroxyl groups excluding tert-OH is 1. The van der Waals surface area contributed by atoms with Gasteiger partial charge in [0.25, 0.3) is 5.91 Å². The molecule has 3 aromatic rings. The van der Waals surface area contributed by atoms with Gasteiger partial charge in [0.05, 0.1) is 37.5 Å². The summed E-state index contributed by atoms with van der Waals surface area (Å²) < 4.78 is 44.8. The molecule has 1 heterocycles. The SMILES string of the molecule is [2H]c1c([2H])c(-c2ccccn2)c([2H])c([2H])c1CN(C[C@H](O)[C@H](Cc1ccccc1)NC(=O)[C@@H](NC(=O)OC)C(C)(C)C)NC(=O)[C@@H](NC(=O)OC)C(C)(C)C. The van der Waals surface area contributed by atoms with E-state index in [1.807, 2.05) is 6.07 Å². The topological polar surface area (TPSA) is 171 Å². The van der Waals surface area contributed by atoms with Crippen molar-refractivity contribution in [3.8, 4) is 11.3 Å². The molecule has 1 aromatic heterocycles. The van der Waals surface area contributed by atoms with Gasteiger partial charge in [-0.1, -0.05) is 102 Å². The molecule has 0 spiro atoms. The number of alkyl carbamates (subject to hydrolysis) is 2. The van der Waals surface area contributed by atoms with Crippen LogP contribution in [0.2, 0.25) is 0 Å². The summed E-state index contributed by atoms with van der Waals surface area (Å²) in [5, 5.41) is 21.1. The number of nitrogens with one attached hydrogen (secondary N) is 4. The monoisotopic (exact) mass is 708 g/mol. The molecule has 0 aliphatic rings. The molecule has 13 nitrogen and oxygen atoms in total. The maximum Gasteiger partial charge on any atom is 0.407 e. The molecular weight excluding hydrogens is 652 g/mol. The molecule has 5 N–H and O–H groups in total. The number of amides is 4. The number of carbonyl (C=O) groups excluding carboxylic acids is 4. The average molecular weight is 709 g/mol. The van der Waals surface area contributed by atoms with Crippen LogP contribution in [0.3, 0.4) is 0 Å². The van der Waals surface area contributed by atoms with E-state index in [4.69, 9.17) is 15.0 Å². The van der Waals surface area contributed by atoms with Gasteiger partial charge in [-0.25, -0.2) is 14.6 Å². The fourth-order valence-electron chi connectivity index (χ4n) is 5.09. The Balaban J connectivity index is 2.11. The molecule has 0 saturated heterocycles. The first-order valence-electron chi connectivity index (χ1n) is 18.5. The molecule has 4 atom stereocenters. The van der Waals surface area contributed by atoms with Crippen molar-refractivity contribution < 1.29 is 39.2 Å². The zero-order chi connectivity index (χ0) is 41.2. The number of pyridine rings is 1. The summed E-state index contributed by atoms with van der Waals surface area (Å²) in [6.45, 7) is 9.54. The van der Waals surface area contributed by atoms with E-state index in [-0.39, 0.29) is 35.3 Å². The largest absolute Gasteiger partial charge is 0.453 e. The van der Waals surface area contributed by atoms with Crippen LogP contribution in [0.4, 0.5) is 9.59 Å². The van der Waals surface area contributed by atoms with Crippen molar-refractivity contribution in [2.75, 3.05) is 20.8 Å². The summed E-state index contributed by atoms with van der Waals surface area (Å²) in [7, 11) is 2.32. The van der Waals surface area contributed by atoms with Gasteiger partial charge >= 0.3 is 12.2 Å². The van der Waals surface area contributed by atoms with Gasteiger partial charge in [-0.2, -0.15) is 0 Å². The lowest BCUT2D eigenvalue weighted by atomic mass is 9.85. The van der Waals surface area contributed by atoms with Gasteiger partial charge in [0, 0.05) is 24.8 Å². The highest BCUT2D eigenvalue weighted by Gasteiger charge is 2.37. The quantitative estimate of drug-likeness (QED) is 0.154. The number of hydrogen-bond acceptors (Lipinski definition) is 9. The number of rotatable bonds is 14. The van der Waals surface area contributed by atoms with Crippen molar-refractivity contribution in [3.63, 3.8) is 0 Å². The molecule has 0 radical (unpaired) electrons. The molecule has 276 valence electrons. The molecular formula is C38H52N6O7. The molecule has 0 saturated carbocycles. The van der Waals surface area contributed by atoms with Crippen molar-refractivity contribution in [1.29, 1.82) is 0 Å². The number of methoxy groups -OCH3 is 2. The third-order valence-electron chi connectivity index (χ3n) is 7.86. The fraction of sp³-hybridized carbons (Fsp3) is 0.447. The van der Waals surface area contributed by atoms with Gasteiger partial charge in [-0.05, 0) is 40.5 Å². The van der Waals surface area contributed by atoms with Crippen LogP contribution < -0.4 is 21.4 Å². The van der Waals surface area contributed by atoms with Crippen molar-refractivity contribution in [1.82, 2.24) is 31.4 Å². The molecule has 0 bridgehead atoms. The minimum Gasteiger partial charge on any atom is -0.453 e.